The van der Waals surface area contributed by atoms with Crippen molar-refractivity contribution in [1.29, 1.82) is 0 Å². The van der Waals surface area contributed by atoms with Crippen LogP contribution in [0.5, 0.6) is 0 Å². The van der Waals surface area contributed by atoms with Crippen LogP contribution in [0.1, 0.15) is 78.6 Å². The lowest BCUT2D eigenvalue weighted by Gasteiger charge is -2.50. The van der Waals surface area contributed by atoms with Crippen molar-refractivity contribution in [2.24, 2.45) is 17.3 Å². The van der Waals surface area contributed by atoms with Crippen LogP contribution in [0.25, 0.3) is 0 Å². The van der Waals surface area contributed by atoms with Crippen molar-refractivity contribution in [1.82, 2.24) is 4.90 Å². The summed E-state index contributed by atoms with van der Waals surface area (Å²) < 4.78 is 0. The number of hydrogen-bond donors (Lipinski definition) is 0. The summed E-state index contributed by atoms with van der Waals surface area (Å²) in [5.74, 6) is 2.01. The molecule has 0 atom stereocenters. The highest BCUT2D eigenvalue weighted by molar-refractivity contribution is 5.44. The minimum absolute atomic E-state index is 0.529. The Morgan fingerprint density at radius 2 is 1.91 bits per heavy atom. The highest BCUT2D eigenvalue weighted by Gasteiger charge is 2.46. The maximum atomic E-state index is 2.62. The van der Waals surface area contributed by atoms with Crippen LogP contribution in [0.2, 0.25) is 0 Å². The van der Waals surface area contributed by atoms with Gasteiger partial charge >= 0.3 is 0 Å². The second-order valence-corrected chi connectivity index (χ2v) is 8.84. The predicted octanol–water partition coefficient (Wildman–Crippen LogP) is 5.97. The molecule has 130 valence electrons. The Morgan fingerprint density at radius 3 is 2.52 bits per heavy atom. The zero-order valence-corrected chi connectivity index (χ0v) is 16.0. The summed E-state index contributed by atoms with van der Waals surface area (Å²) in [6.45, 7) is 9.67. The molecule has 3 rings (SSSR count). The summed E-state index contributed by atoms with van der Waals surface area (Å²) in [6.07, 6.45) is 15.1. The Labute approximate surface area is 144 Å². The summed E-state index contributed by atoms with van der Waals surface area (Å²) in [7, 11) is 2.35. The topological polar surface area (TPSA) is 3.24 Å². The molecule has 0 spiro atoms. The lowest BCUT2D eigenvalue weighted by atomic mass is 9.55. The summed E-state index contributed by atoms with van der Waals surface area (Å²) in [5, 5.41) is 0. The zero-order valence-electron chi connectivity index (χ0n) is 16.0. The molecule has 0 amide bonds. The fourth-order valence-corrected chi connectivity index (χ4v) is 5.13. The fraction of sp³-hybridized carbons (Fsp3) is 0.818. The summed E-state index contributed by atoms with van der Waals surface area (Å²) in [6, 6.07) is 0. The molecule has 2 fully saturated rings. The average Bonchev–Trinajstić information content (AvgIpc) is 3.21. The third-order valence-electron chi connectivity index (χ3n) is 6.56. The molecule has 0 aromatic heterocycles. The summed E-state index contributed by atoms with van der Waals surface area (Å²) >= 11 is 0. The molecule has 0 unspecified atom stereocenters. The highest BCUT2D eigenvalue weighted by Crippen LogP contribution is 2.58. The van der Waals surface area contributed by atoms with Crippen LogP contribution in [0.3, 0.4) is 0 Å². The first-order valence-electron chi connectivity index (χ1n) is 10.1. The van der Waals surface area contributed by atoms with Gasteiger partial charge in [-0.05, 0) is 88.3 Å². The minimum Gasteiger partial charge on any atom is -0.306 e. The Kier molecular flexibility index (Phi) is 5.35. The molecule has 3 aliphatic rings. The molecular weight excluding hydrogens is 278 g/mol. The normalized spacial score (nSPS) is 30.8. The van der Waals surface area contributed by atoms with Crippen LogP contribution in [-0.2, 0) is 0 Å². The van der Waals surface area contributed by atoms with Gasteiger partial charge < -0.3 is 4.90 Å². The Balaban J connectivity index is 1.67. The van der Waals surface area contributed by atoms with E-state index in [2.05, 4.69) is 38.8 Å². The Hall–Kier alpha value is -0.560. The van der Waals surface area contributed by atoms with Gasteiger partial charge in [0.25, 0.3) is 0 Å². The van der Waals surface area contributed by atoms with E-state index in [0.717, 1.165) is 11.8 Å². The molecule has 0 aliphatic heterocycles. The summed E-state index contributed by atoms with van der Waals surface area (Å²) in [5.41, 5.74) is 5.65. The maximum absolute atomic E-state index is 2.62. The van der Waals surface area contributed by atoms with Gasteiger partial charge in [0.1, 0.15) is 0 Å². The highest BCUT2D eigenvalue weighted by atomic mass is 15.1. The number of hydrogen-bond acceptors (Lipinski definition) is 1. The van der Waals surface area contributed by atoms with Crippen molar-refractivity contribution in [2.75, 3.05) is 20.1 Å². The maximum Gasteiger partial charge on any atom is 0.000661 e. The van der Waals surface area contributed by atoms with E-state index in [1.807, 2.05) is 0 Å². The van der Waals surface area contributed by atoms with Crippen molar-refractivity contribution >= 4 is 0 Å². The molecule has 3 aliphatic carbocycles. The van der Waals surface area contributed by atoms with E-state index >= 15 is 0 Å². The Morgan fingerprint density at radius 1 is 1.17 bits per heavy atom. The second kappa shape index (κ2) is 7.13. The quantitative estimate of drug-likeness (QED) is 0.506. The van der Waals surface area contributed by atoms with E-state index in [-0.39, 0.29) is 0 Å². The Bertz CT molecular complexity index is 474. The molecule has 2 saturated carbocycles. The lowest BCUT2D eigenvalue weighted by molar-refractivity contribution is 0.0688. The molecule has 0 heterocycles. The van der Waals surface area contributed by atoms with Crippen molar-refractivity contribution in [2.45, 2.75) is 78.6 Å². The molecule has 1 nitrogen and oxygen atoms in total. The molecule has 0 aromatic rings. The van der Waals surface area contributed by atoms with Crippen molar-refractivity contribution < 1.29 is 0 Å². The van der Waals surface area contributed by atoms with Crippen LogP contribution >= 0.6 is 0 Å². The second-order valence-electron chi connectivity index (χ2n) is 8.84. The zero-order chi connectivity index (χ0) is 16.4. The van der Waals surface area contributed by atoms with Gasteiger partial charge in [-0.15, -0.1) is 0 Å². The molecule has 1 heteroatoms. The van der Waals surface area contributed by atoms with Gasteiger partial charge in [-0.3, -0.25) is 0 Å². The fourth-order valence-electron chi connectivity index (χ4n) is 5.13. The van der Waals surface area contributed by atoms with Gasteiger partial charge in [-0.2, -0.15) is 0 Å². The van der Waals surface area contributed by atoms with Crippen LogP contribution in [0.4, 0.5) is 0 Å². The first kappa shape index (κ1) is 17.3. The van der Waals surface area contributed by atoms with E-state index in [4.69, 9.17) is 0 Å². The van der Waals surface area contributed by atoms with E-state index in [1.54, 1.807) is 16.7 Å². The molecule has 0 N–H and O–H groups in total. The van der Waals surface area contributed by atoms with Crippen LogP contribution in [0, 0.1) is 17.3 Å². The van der Waals surface area contributed by atoms with Crippen molar-refractivity contribution in [3.05, 3.63) is 22.8 Å². The van der Waals surface area contributed by atoms with Crippen molar-refractivity contribution in [3.8, 4) is 0 Å². The largest absolute Gasteiger partial charge is 0.306 e. The number of allylic oxidation sites excluding steroid dienone is 4. The SMILES string of the molecule is CCCC1CC(CCN(C)CC2CC2)(C2=C(CC)CC(C)=C2)C1. The first-order valence-corrected chi connectivity index (χ1v) is 10.1. The lowest BCUT2D eigenvalue weighted by Crippen LogP contribution is -2.41. The van der Waals surface area contributed by atoms with Gasteiger partial charge in [-0.1, -0.05) is 43.9 Å². The summed E-state index contributed by atoms with van der Waals surface area (Å²) in [4.78, 5) is 2.62. The average molecular weight is 316 g/mol. The van der Waals surface area contributed by atoms with Gasteiger partial charge in [0, 0.05) is 6.54 Å². The number of nitrogens with zero attached hydrogens (tertiary/aromatic N) is 1. The third kappa shape index (κ3) is 3.92. The molecule has 0 radical (unpaired) electrons. The van der Waals surface area contributed by atoms with Gasteiger partial charge in [0.2, 0.25) is 0 Å². The van der Waals surface area contributed by atoms with Crippen LogP contribution < -0.4 is 0 Å². The minimum atomic E-state index is 0.529. The molecule has 23 heavy (non-hydrogen) atoms. The van der Waals surface area contributed by atoms with Crippen LogP contribution in [0.15, 0.2) is 22.8 Å². The van der Waals surface area contributed by atoms with E-state index in [9.17, 15) is 0 Å². The van der Waals surface area contributed by atoms with Crippen molar-refractivity contribution in [3.63, 3.8) is 0 Å². The van der Waals surface area contributed by atoms with Gasteiger partial charge in [0.15, 0.2) is 0 Å². The smallest absolute Gasteiger partial charge is 0.000661 e. The van der Waals surface area contributed by atoms with Gasteiger partial charge in [-0.25, -0.2) is 0 Å². The predicted molar refractivity (Wildman–Crippen MR) is 101 cm³/mol. The molecule has 0 saturated heterocycles. The molecular formula is C22H37N. The van der Waals surface area contributed by atoms with E-state index in [1.165, 1.54) is 70.9 Å². The van der Waals surface area contributed by atoms with E-state index < -0.39 is 0 Å². The van der Waals surface area contributed by atoms with E-state index in [0.29, 0.717) is 5.41 Å². The molecule has 0 aromatic carbocycles. The van der Waals surface area contributed by atoms with Crippen LogP contribution in [-0.4, -0.2) is 25.0 Å². The van der Waals surface area contributed by atoms with Gasteiger partial charge in [0.05, 0.1) is 0 Å². The molecule has 0 bridgehead atoms. The standard InChI is InChI=1S/C22H37N/c1-5-7-19-14-22(15-19,10-11-23(4)16-18-8-9-18)21-13-17(3)12-20(21)6-2/h13,18-19H,5-12,14-16H2,1-4H3. The monoisotopic (exact) mass is 315 g/mol. The number of rotatable bonds is 9. The third-order valence-corrected chi connectivity index (χ3v) is 6.56. The first-order chi connectivity index (χ1) is 11.1.